The van der Waals surface area contributed by atoms with Gasteiger partial charge in [-0.3, -0.25) is 4.79 Å². The first kappa shape index (κ1) is 13.5. The summed E-state index contributed by atoms with van der Waals surface area (Å²) in [6, 6.07) is 11.6. The molecule has 0 heterocycles. The summed E-state index contributed by atoms with van der Waals surface area (Å²) >= 11 is 3.33. The summed E-state index contributed by atoms with van der Waals surface area (Å²) in [4.78, 5) is 11.8. The molecule has 0 atom stereocenters. The van der Waals surface area contributed by atoms with E-state index in [0.29, 0.717) is 5.69 Å². The van der Waals surface area contributed by atoms with Gasteiger partial charge in [0.25, 0.3) is 0 Å². The van der Waals surface area contributed by atoms with Crippen LogP contribution in [-0.4, -0.2) is 5.91 Å². The molecule has 0 bridgehead atoms. The van der Waals surface area contributed by atoms with Crippen molar-refractivity contribution in [1.29, 1.82) is 0 Å². The van der Waals surface area contributed by atoms with E-state index in [9.17, 15) is 9.18 Å². The maximum absolute atomic E-state index is 13.5. The van der Waals surface area contributed by atoms with E-state index in [4.69, 9.17) is 5.73 Å². The second kappa shape index (κ2) is 5.84. The number of nitrogens with one attached hydrogen (secondary N) is 1. The van der Waals surface area contributed by atoms with E-state index in [1.54, 1.807) is 0 Å². The van der Waals surface area contributed by atoms with E-state index in [1.807, 2.05) is 24.3 Å². The zero-order valence-corrected chi connectivity index (χ0v) is 11.6. The Hall–Kier alpha value is -1.88. The van der Waals surface area contributed by atoms with Gasteiger partial charge in [-0.15, -0.1) is 0 Å². The zero-order chi connectivity index (χ0) is 13.8. The van der Waals surface area contributed by atoms with Gasteiger partial charge in [0.05, 0.1) is 12.1 Å². The van der Waals surface area contributed by atoms with Crippen LogP contribution in [0.3, 0.4) is 0 Å². The molecule has 98 valence electrons. The largest absolute Gasteiger partial charge is 0.399 e. The van der Waals surface area contributed by atoms with Gasteiger partial charge in [-0.25, -0.2) is 4.39 Å². The Labute approximate surface area is 118 Å². The van der Waals surface area contributed by atoms with E-state index in [2.05, 4.69) is 21.2 Å². The first-order valence-corrected chi connectivity index (χ1v) is 6.43. The minimum Gasteiger partial charge on any atom is -0.399 e. The Morgan fingerprint density at radius 3 is 2.74 bits per heavy atom. The molecule has 0 unspecified atom stereocenters. The van der Waals surface area contributed by atoms with E-state index >= 15 is 0 Å². The number of halogens is 2. The fourth-order valence-corrected chi connectivity index (χ4v) is 2.11. The van der Waals surface area contributed by atoms with Crippen molar-refractivity contribution in [2.24, 2.45) is 0 Å². The minimum absolute atomic E-state index is 0.134. The van der Waals surface area contributed by atoms with Gasteiger partial charge in [0.15, 0.2) is 0 Å². The third-order valence-electron chi connectivity index (χ3n) is 2.52. The molecular weight excluding hydrogens is 311 g/mol. The third-order valence-corrected chi connectivity index (χ3v) is 3.01. The van der Waals surface area contributed by atoms with Crippen molar-refractivity contribution in [3.05, 3.63) is 58.3 Å². The molecule has 0 saturated heterocycles. The number of benzene rings is 2. The van der Waals surface area contributed by atoms with Gasteiger partial charge in [-0.05, 0) is 35.9 Å². The summed E-state index contributed by atoms with van der Waals surface area (Å²) in [5.74, 6) is -0.815. The number of anilines is 2. The number of hydrogen-bond donors (Lipinski definition) is 2. The van der Waals surface area contributed by atoms with E-state index in [-0.39, 0.29) is 18.0 Å². The van der Waals surface area contributed by atoms with E-state index in [0.717, 1.165) is 10.0 Å². The molecule has 0 aliphatic rings. The van der Waals surface area contributed by atoms with Crippen molar-refractivity contribution in [2.45, 2.75) is 6.42 Å². The number of carbonyl (C=O) groups excluding carboxylic acids is 1. The molecule has 0 fully saturated rings. The molecule has 2 aromatic rings. The highest BCUT2D eigenvalue weighted by molar-refractivity contribution is 9.10. The summed E-state index contributed by atoms with van der Waals surface area (Å²) in [5, 5.41) is 2.52. The second-order valence-electron chi connectivity index (χ2n) is 4.09. The lowest BCUT2D eigenvalue weighted by Gasteiger charge is -2.07. The zero-order valence-electron chi connectivity index (χ0n) is 9.99. The number of carbonyl (C=O) groups is 1. The Kier molecular flexibility index (Phi) is 4.16. The maximum Gasteiger partial charge on any atom is 0.228 e. The molecular formula is C14H12BrFN2O. The van der Waals surface area contributed by atoms with Crippen LogP contribution in [-0.2, 0) is 11.2 Å². The lowest BCUT2D eigenvalue weighted by atomic mass is 10.1. The van der Waals surface area contributed by atoms with Crippen molar-refractivity contribution in [3.63, 3.8) is 0 Å². The van der Waals surface area contributed by atoms with Crippen molar-refractivity contribution >= 4 is 33.2 Å². The summed E-state index contributed by atoms with van der Waals surface area (Å²) in [6.07, 6.45) is 0.184. The topological polar surface area (TPSA) is 55.1 Å². The maximum atomic E-state index is 13.5. The van der Waals surface area contributed by atoms with Crippen LogP contribution < -0.4 is 11.1 Å². The summed E-state index contributed by atoms with van der Waals surface area (Å²) in [7, 11) is 0. The Morgan fingerprint density at radius 1 is 1.26 bits per heavy atom. The molecule has 2 aromatic carbocycles. The molecule has 0 radical (unpaired) electrons. The Morgan fingerprint density at radius 2 is 2.05 bits per heavy atom. The van der Waals surface area contributed by atoms with Gasteiger partial charge in [0.1, 0.15) is 5.82 Å². The molecule has 19 heavy (non-hydrogen) atoms. The highest BCUT2D eigenvalue weighted by Gasteiger charge is 2.08. The number of nitrogen functional groups attached to an aromatic ring is 1. The number of amides is 1. The SMILES string of the molecule is Nc1ccc(NC(=O)Cc2cccc(Br)c2)c(F)c1. The molecule has 0 saturated carbocycles. The summed E-state index contributed by atoms with van der Waals surface area (Å²) < 4.78 is 14.4. The van der Waals surface area contributed by atoms with Crippen molar-refractivity contribution in [2.75, 3.05) is 11.1 Å². The van der Waals surface area contributed by atoms with Crippen LogP contribution in [0.2, 0.25) is 0 Å². The molecule has 0 aromatic heterocycles. The van der Waals surface area contributed by atoms with E-state index in [1.165, 1.54) is 18.2 Å². The van der Waals surface area contributed by atoms with E-state index < -0.39 is 5.82 Å². The number of rotatable bonds is 3. The van der Waals surface area contributed by atoms with Crippen LogP contribution in [0.5, 0.6) is 0 Å². The van der Waals surface area contributed by atoms with Gasteiger partial charge in [-0.2, -0.15) is 0 Å². The van der Waals surface area contributed by atoms with Crippen LogP contribution >= 0.6 is 15.9 Å². The second-order valence-corrected chi connectivity index (χ2v) is 5.01. The highest BCUT2D eigenvalue weighted by atomic mass is 79.9. The lowest BCUT2D eigenvalue weighted by Crippen LogP contribution is -2.15. The van der Waals surface area contributed by atoms with Crippen molar-refractivity contribution in [3.8, 4) is 0 Å². The normalized spacial score (nSPS) is 10.2. The molecule has 0 aliphatic heterocycles. The predicted molar refractivity (Wildman–Crippen MR) is 77.3 cm³/mol. The highest BCUT2D eigenvalue weighted by Crippen LogP contribution is 2.17. The van der Waals surface area contributed by atoms with Gasteiger partial charge < -0.3 is 11.1 Å². The van der Waals surface area contributed by atoms with Crippen molar-refractivity contribution < 1.29 is 9.18 Å². The molecule has 3 N–H and O–H groups in total. The first-order chi connectivity index (χ1) is 9.04. The van der Waals surface area contributed by atoms with Gasteiger partial charge in [0.2, 0.25) is 5.91 Å². The van der Waals surface area contributed by atoms with Crippen LogP contribution in [0.25, 0.3) is 0 Å². The Bertz CT molecular complexity index is 616. The molecule has 0 aliphatic carbocycles. The van der Waals surface area contributed by atoms with Crippen LogP contribution in [0, 0.1) is 5.82 Å². The minimum atomic E-state index is -0.539. The summed E-state index contributed by atoms with van der Waals surface area (Å²) in [5.41, 5.74) is 6.75. The molecule has 3 nitrogen and oxygen atoms in total. The Balaban J connectivity index is 2.05. The molecule has 2 rings (SSSR count). The van der Waals surface area contributed by atoms with Gasteiger partial charge >= 0.3 is 0 Å². The quantitative estimate of drug-likeness (QED) is 0.851. The lowest BCUT2D eigenvalue weighted by molar-refractivity contribution is -0.115. The fourth-order valence-electron chi connectivity index (χ4n) is 1.66. The fraction of sp³-hybridized carbons (Fsp3) is 0.0714. The van der Waals surface area contributed by atoms with Gasteiger partial charge in [-0.1, -0.05) is 28.1 Å². The predicted octanol–water partition coefficient (Wildman–Crippen LogP) is 3.35. The molecule has 1 amide bonds. The average Bonchev–Trinajstić information content (AvgIpc) is 2.33. The van der Waals surface area contributed by atoms with Crippen molar-refractivity contribution in [1.82, 2.24) is 0 Å². The smallest absolute Gasteiger partial charge is 0.228 e. The average molecular weight is 323 g/mol. The standard InChI is InChI=1S/C14H12BrFN2O/c15-10-3-1-2-9(6-10)7-14(19)18-13-5-4-11(17)8-12(13)16/h1-6,8H,7,17H2,(H,18,19). The first-order valence-electron chi connectivity index (χ1n) is 5.64. The monoisotopic (exact) mass is 322 g/mol. The number of nitrogens with two attached hydrogens (primary N) is 1. The molecule has 0 spiro atoms. The van der Waals surface area contributed by atoms with Gasteiger partial charge in [0, 0.05) is 10.2 Å². The van der Waals surface area contributed by atoms with Crippen LogP contribution in [0.15, 0.2) is 46.9 Å². The van der Waals surface area contributed by atoms with Crippen LogP contribution in [0.4, 0.5) is 15.8 Å². The van der Waals surface area contributed by atoms with Crippen LogP contribution in [0.1, 0.15) is 5.56 Å². The summed E-state index contributed by atoms with van der Waals surface area (Å²) in [6.45, 7) is 0. The molecule has 5 heteroatoms. The number of hydrogen-bond acceptors (Lipinski definition) is 2. The third kappa shape index (κ3) is 3.79.